The van der Waals surface area contributed by atoms with E-state index in [2.05, 4.69) is 24.5 Å². The minimum Gasteiger partial charge on any atom is -0.508 e. The molecule has 8 nitrogen and oxygen atoms in total. The number of rotatable bonds is 9. The third-order valence-corrected chi connectivity index (χ3v) is 4.82. The van der Waals surface area contributed by atoms with Crippen LogP contribution in [-0.4, -0.2) is 67.1 Å². The molecule has 2 rings (SSSR count). The molecule has 0 saturated heterocycles. The first-order valence-electron chi connectivity index (χ1n) is 10.5. The number of hydrogen-bond acceptors (Lipinski definition) is 6. The monoisotopic (exact) mass is 435 g/mol. The Bertz CT molecular complexity index is 690. The molecule has 174 valence electrons. The highest BCUT2D eigenvalue weighted by Gasteiger charge is 2.20. The van der Waals surface area contributed by atoms with Crippen molar-refractivity contribution in [2.24, 2.45) is 0 Å². The van der Waals surface area contributed by atoms with Crippen molar-refractivity contribution in [3.63, 3.8) is 0 Å². The number of carbonyl (C=O) groups is 4. The summed E-state index contributed by atoms with van der Waals surface area (Å²) in [6, 6.07) is 5.64. The summed E-state index contributed by atoms with van der Waals surface area (Å²) < 4.78 is 0. The minimum absolute atomic E-state index is 0.197. The SMILES string of the molecule is CC(C)NC1CCC1.CNC(=O)C(CCC=O)N(C)C=O.Cc1cc(O)ccc1C=O. The van der Waals surface area contributed by atoms with Crippen molar-refractivity contribution in [1.29, 1.82) is 0 Å². The van der Waals surface area contributed by atoms with Gasteiger partial charge in [0.2, 0.25) is 12.3 Å². The number of nitrogens with one attached hydrogen (secondary N) is 2. The number of aldehydes is 2. The summed E-state index contributed by atoms with van der Waals surface area (Å²) >= 11 is 0. The fraction of sp³-hybridized carbons (Fsp3) is 0.565. The van der Waals surface area contributed by atoms with Gasteiger partial charge >= 0.3 is 0 Å². The van der Waals surface area contributed by atoms with Crippen LogP contribution >= 0.6 is 0 Å². The summed E-state index contributed by atoms with van der Waals surface area (Å²) in [5.41, 5.74) is 1.42. The summed E-state index contributed by atoms with van der Waals surface area (Å²) in [6.07, 6.45) is 6.95. The van der Waals surface area contributed by atoms with E-state index in [-0.39, 0.29) is 18.1 Å². The van der Waals surface area contributed by atoms with Gasteiger partial charge in [0.1, 0.15) is 24.4 Å². The molecule has 1 saturated carbocycles. The molecule has 8 heteroatoms. The number of likely N-dealkylation sites (N-methyl/N-ethyl adjacent to an activating group) is 2. The van der Waals surface area contributed by atoms with E-state index < -0.39 is 6.04 Å². The van der Waals surface area contributed by atoms with Gasteiger partial charge in [-0.3, -0.25) is 14.4 Å². The van der Waals surface area contributed by atoms with E-state index in [0.29, 0.717) is 24.4 Å². The lowest BCUT2D eigenvalue weighted by atomic mass is 9.93. The first kappa shape index (κ1) is 28.3. The van der Waals surface area contributed by atoms with Crippen LogP contribution in [0.25, 0.3) is 0 Å². The quantitative estimate of drug-likeness (QED) is 0.512. The molecule has 0 bridgehead atoms. The van der Waals surface area contributed by atoms with E-state index in [1.54, 1.807) is 19.1 Å². The molecule has 3 N–H and O–H groups in total. The van der Waals surface area contributed by atoms with Gasteiger partial charge in [-0.15, -0.1) is 0 Å². The van der Waals surface area contributed by atoms with Gasteiger partial charge in [0.15, 0.2) is 0 Å². The highest BCUT2D eigenvalue weighted by Crippen LogP contribution is 2.18. The standard InChI is InChI=1S/C8H14N2O3.C8H8O2.C7H15N/c1-9-8(13)7(4-3-5-11)10(2)6-12;1-6-4-8(10)3-2-7(6)5-9;1-6(2)8-7-4-3-5-7/h5-7H,3-4H2,1-2H3,(H,9,13);2-5,10H,1H3;6-8H,3-5H2,1-2H3. The zero-order valence-corrected chi connectivity index (χ0v) is 19.3. The molecule has 0 spiro atoms. The van der Waals surface area contributed by atoms with Gasteiger partial charge in [0.05, 0.1) is 0 Å². The fourth-order valence-electron chi connectivity index (χ4n) is 2.82. The number of aryl methyl sites for hydroxylation is 1. The lowest BCUT2D eigenvalue weighted by Gasteiger charge is -2.28. The van der Waals surface area contributed by atoms with Gasteiger partial charge in [-0.25, -0.2) is 0 Å². The molecule has 1 fully saturated rings. The van der Waals surface area contributed by atoms with Crippen LogP contribution in [0.3, 0.4) is 0 Å². The number of hydrogen-bond donors (Lipinski definition) is 3. The first-order chi connectivity index (χ1) is 14.7. The molecule has 1 aromatic carbocycles. The first-order valence-corrected chi connectivity index (χ1v) is 10.5. The van der Waals surface area contributed by atoms with Crippen LogP contribution in [0, 0.1) is 6.92 Å². The van der Waals surface area contributed by atoms with Gasteiger partial charge in [0.25, 0.3) is 0 Å². The van der Waals surface area contributed by atoms with E-state index in [1.807, 2.05) is 0 Å². The zero-order valence-electron chi connectivity index (χ0n) is 19.3. The highest BCUT2D eigenvalue weighted by atomic mass is 16.3. The molecular formula is C23H37N3O5. The average molecular weight is 436 g/mol. The second-order valence-corrected chi connectivity index (χ2v) is 7.75. The summed E-state index contributed by atoms with van der Waals surface area (Å²) in [6.45, 7) is 6.19. The Balaban J connectivity index is 0.000000447. The Hall–Kier alpha value is -2.74. The van der Waals surface area contributed by atoms with Crippen LogP contribution in [0.4, 0.5) is 0 Å². The molecule has 1 aromatic rings. The van der Waals surface area contributed by atoms with Gasteiger partial charge < -0.3 is 25.4 Å². The van der Waals surface area contributed by atoms with Crippen LogP contribution in [0.2, 0.25) is 0 Å². The highest BCUT2D eigenvalue weighted by molar-refractivity contribution is 5.83. The average Bonchev–Trinajstić information content (AvgIpc) is 2.71. The summed E-state index contributed by atoms with van der Waals surface area (Å²) in [7, 11) is 3.01. The molecule has 0 heterocycles. The van der Waals surface area contributed by atoms with Crippen molar-refractivity contribution in [3.8, 4) is 5.75 Å². The lowest BCUT2D eigenvalue weighted by Crippen LogP contribution is -2.43. The Morgan fingerprint density at radius 2 is 1.90 bits per heavy atom. The maximum Gasteiger partial charge on any atom is 0.242 e. The summed E-state index contributed by atoms with van der Waals surface area (Å²) in [5.74, 6) is -0.0560. The molecule has 0 aromatic heterocycles. The number of nitrogens with zero attached hydrogens (tertiary/aromatic N) is 1. The van der Waals surface area contributed by atoms with Crippen LogP contribution < -0.4 is 10.6 Å². The maximum absolute atomic E-state index is 11.2. The number of benzene rings is 1. The molecule has 1 unspecified atom stereocenters. The minimum atomic E-state index is -0.548. The largest absolute Gasteiger partial charge is 0.508 e. The topological polar surface area (TPSA) is 116 Å². The number of phenols is 1. The van der Waals surface area contributed by atoms with Crippen molar-refractivity contribution >= 4 is 24.9 Å². The smallest absolute Gasteiger partial charge is 0.242 e. The van der Waals surface area contributed by atoms with Crippen molar-refractivity contribution in [3.05, 3.63) is 29.3 Å². The molecule has 31 heavy (non-hydrogen) atoms. The summed E-state index contributed by atoms with van der Waals surface area (Å²) in [5, 5.41) is 14.8. The van der Waals surface area contributed by atoms with Gasteiger partial charge in [0, 0.05) is 38.2 Å². The number of phenolic OH excluding ortho intramolecular Hbond substituents is 1. The van der Waals surface area contributed by atoms with E-state index in [1.165, 1.54) is 44.3 Å². The second-order valence-electron chi connectivity index (χ2n) is 7.75. The van der Waals surface area contributed by atoms with E-state index in [4.69, 9.17) is 5.11 Å². The predicted octanol–water partition coefficient (Wildman–Crippen LogP) is 2.22. The molecular weight excluding hydrogens is 398 g/mol. The molecule has 1 atom stereocenters. The van der Waals surface area contributed by atoms with Crippen molar-refractivity contribution < 1.29 is 24.3 Å². The Kier molecular flexibility index (Phi) is 14.6. The fourth-order valence-corrected chi connectivity index (χ4v) is 2.82. The lowest BCUT2D eigenvalue weighted by molar-refractivity contribution is -0.131. The van der Waals surface area contributed by atoms with Crippen molar-refractivity contribution in [1.82, 2.24) is 15.5 Å². The second kappa shape index (κ2) is 16.0. The molecule has 1 aliphatic carbocycles. The number of amides is 2. The van der Waals surface area contributed by atoms with Gasteiger partial charge in [-0.2, -0.15) is 0 Å². The van der Waals surface area contributed by atoms with Crippen LogP contribution in [0.5, 0.6) is 5.75 Å². The van der Waals surface area contributed by atoms with Crippen molar-refractivity contribution in [2.75, 3.05) is 14.1 Å². The molecule has 0 radical (unpaired) electrons. The third kappa shape index (κ3) is 11.9. The molecule has 0 aliphatic heterocycles. The predicted molar refractivity (Wildman–Crippen MR) is 121 cm³/mol. The normalized spacial score (nSPS) is 13.4. The molecule has 2 amide bonds. The Labute approximate surface area is 185 Å². The van der Waals surface area contributed by atoms with Crippen LogP contribution in [0.1, 0.15) is 61.9 Å². The maximum atomic E-state index is 11.2. The van der Waals surface area contributed by atoms with Gasteiger partial charge in [-0.1, -0.05) is 20.3 Å². The van der Waals surface area contributed by atoms with Gasteiger partial charge in [-0.05, 0) is 49.9 Å². The summed E-state index contributed by atoms with van der Waals surface area (Å²) in [4.78, 5) is 43.2. The Morgan fingerprint density at radius 3 is 2.26 bits per heavy atom. The molecule has 1 aliphatic rings. The number of carbonyl (C=O) groups excluding carboxylic acids is 4. The van der Waals surface area contributed by atoms with E-state index in [0.717, 1.165) is 24.2 Å². The zero-order chi connectivity index (χ0) is 23.8. The number of aromatic hydroxyl groups is 1. The Morgan fingerprint density at radius 1 is 1.26 bits per heavy atom. The van der Waals surface area contributed by atoms with E-state index >= 15 is 0 Å². The van der Waals surface area contributed by atoms with E-state index in [9.17, 15) is 19.2 Å². The van der Waals surface area contributed by atoms with Crippen LogP contribution in [-0.2, 0) is 14.4 Å². The van der Waals surface area contributed by atoms with Crippen LogP contribution in [0.15, 0.2) is 18.2 Å². The van der Waals surface area contributed by atoms with Crippen molar-refractivity contribution in [2.45, 2.75) is 71.0 Å². The third-order valence-electron chi connectivity index (χ3n) is 4.82.